The van der Waals surface area contributed by atoms with E-state index in [1.807, 2.05) is 24.3 Å². The Balaban J connectivity index is 1.78. The average molecular weight is 361 g/mol. The number of hydrazone groups is 1. The molecule has 1 heterocycles. The van der Waals surface area contributed by atoms with Crippen LogP contribution in [0.15, 0.2) is 46.0 Å². The second kappa shape index (κ2) is 6.07. The summed E-state index contributed by atoms with van der Waals surface area (Å²) in [7, 11) is 1.50. The van der Waals surface area contributed by atoms with Crippen molar-refractivity contribution in [1.29, 1.82) is 0 Å². The van der Waals surface area contributed by atoms with Crippen molar-refractivity contribution in [2.75, 3.05) is 12.5 Å². The zero-order valence-electron chi connectivity index (χ0n) is 11.7. The lowest BCUT2D eigenvalue weighted by Gasteiger charge is -2.06. The van der Waals surface area contributed by atoms with E-state index in [0.29, 0.717) is 16.2 Å². The van der Waals surface area contributed by atoms with Gasteiger partial charge in [-0.3, -0.25) is 0 Å². The number of fused-ring (bicyclic) bond motifs is 1. The number of aromatic amines is 1. The van der Waals surface area contributed by atoms with Gasteiger partial charge in [0.15, 0.2) is 11.5 Å². The van der Waals surface area contributed by atoms with Crippen LogP contribution in [0.1, 0.15) is 5.56 Å². The molecule has 0 amide bonds. The van der Waals surface area contributed by atoms with E-state index in [1.54, 1.807) is 18.3 Å². The number of imidazole rings is 1. The minimum atomic E-state index is 0.0601. The Morgan fingerprint density at radius 3 is 2.95 bits per heavy atom. The summed E-state index contributed by atoms with van der Waals surface area (Å²) in [6.45, 7) is 0. The van der Waals surface area contributed by atoms with Gasteiger partial charge in [0.2, 0.25) is 5.95 Å². The van der Waals surface area contributed by atoms with E-state index >= 15 is 0 Å². The summed E-state index contributed by atoms with van der Waals surface area (Å²) in [5.41, 5.74) is 5.42. The fourth-order valence-electron chi connectivity index (χ4n) is 2.00. The normalized spacial score (nSPS) is 11.2. The van der Waals surface area contributed by atoms with E-state index in [1.165, 1.54) is 7.11 Å². The Hall–Kier alpha value is -2.54. The lowest BCUT2D eigenvalue weighted by molar-refractivity contribution is 0.372. The quantitative estimate of drug-likeness (QED) is 0.491. The second-order valence-electron chi connectivity index (χ2n) is 4.53. The number of anilines is 1. The highest BCUT2D eigenvalue weighted by atomic mass is 79.9. The molecule has 3 N–H and O–H groups in total. The third kappa shape index (κ3) is 2.89. The first kappa shape index (κ1) is 14.4. The standard InChI is InChI=1S/C15H13BrN4O2/c1-22-13-7-9(6-10(16)14(13)21)8-17-20-15-18-11-4-2-3-5-12(11)19-15/h2-8,21H,1H3,(H2,18,19,20)/b17-8+. The Bertz CT molecular complexity index is 812. The zero-order chi connectivity index (χ0) is 15.5. The predicted molar refractivity (Wildman–Crippen MR) is 89.7 cm³/mol. The van der Waals surface area contributed by atoms with Crippen molar-refractivity contribution in [3.8, 4) is 11.5 Å². The largest absolute Gasteiger partial charge is 0.503 e. The lowest BCUT2D eigenvalue weighted by Crippen LogP contribution is -1.93. The fraction of sp³-hybridized carbons (Fsp3) is 0.0667. The first-order valence-electron chi connectivity index (χ1n) is 6.47. The van der Waals surface area contributed by atoms with Gasteiger partial charge < -0.3 is 14.8 Å². The number of phenolic OH excluding ortho intramolecular Hbond substituents is 1. The van der Waals surface area contributed by atoms with Crippen LogP contribution in [0.5, 0.6) is 11.5 Å². The smallest absolute Gasteiger partial charge is 0.222 e. The molecule has 6 nitrogen and oxygen atoms in total. The molecular formula is C15H13BrN4O2. The topological polar surface area (TPSA) is 82.5 Å². The van der Waals surface area contributed by atoms with E-state index in [4.69, 9.17) is 4.74 Å². The molecule has 0 saturated carbocycles. The summed E-state index contributed by atoms with van der Waals surface area (Å²) in [5.74, 6) is 0.992. The number of methoxy groups -OCH3 is 1. The molecule has 0 aliphatic carbocycles. The van der Waals surface area contributed by atoms with Crippen LogP contribution in [0.4, 0.5) is 5.95 Å². The number of H-pyrrole nitrogens is 1. The molecule has 0 unspecified atom stereocenters. The van der Waals surface area contributed by atoms with Crippen LogP contribution in [0, 0.1) is 0 Å². The fourth-order valence-corrected chi connectivity index (χ4v) is 2.46. The summed E-state index contributed by atoms with van der Waals surface area (Å²) in [6, 6.07) is 11.2. The Morgan fingerprint density at radius 1 is 1.36 bits per heavy atom. The number of halogens is 1. The van der Waals surface area contributed by atoms with Gasteiger partial charge in [0.25, 0.3) is 0 Å². The molecule has 0 fully saturated rings. The summed E-state index contributed by atoms with van der Waals surface area (Å²) in [6.07, 6.45) is 1.61. The number of benzene rings is 2. The third-order valence-corrected chi connectivity index (χ3v) is 3.65. The predicted octanol–water partition coefficient (Wildman–Crippen LogP) is 3.49. The number of para-hydroxylation sites is 2. The monoisotopic (exact) mass is 360 g/mol. The number of aromatic hydroxyl groups is 1. The van der Waals surface area contributed by atoms with Crippen LogP contribution in [-0.2, 0) is 0 Å². The summed E-state index contributed by atoms with van der Waals surface area (Å²) < 4.78 is 5.63. The van der Waals surface area contributed by atoms with Crippen molar-refractivity contribution in [2.45, 2.75) is 0 Å². The molecule has 0 aliphatic rings. The number of hydrogen-bond donors (Lipinski definition) is 3. The zero-order valence-corrected chi connectivity index (χ0v) is 13.3. The molecule has 1 aromatic heterocycles. The van der Waals surface area contributed by atoms with Gasteiger partial charge in [-0.15, -0.1) is 0 Å². The molecule has 0 bridgehead atoms. The Kier molecular flexibility index (Phi) is 3.97. The van der Waals surface area contributed by atoms with Crippen LogP contribution in [0.3, 0.4) is 0 Å². The Morgan fingerprint density at radius 2 is 2.18 bits per heavy atom. The number of hydrogen-bond acceptors (Lipinski definition) is 5. The highest BCUT2D eigenvalue weighted by Crippen LogP contribution is 2.34. The number of ether oxygens (including phenoxy) is 1. The van der Waals surface area contributed by atoms with Gasteiger partial charge in [-0.25, -0.2) is 10.4 Å². The first-order chi connectivity index (χ1) is 10.7. The highest BCUT2D eigenvalue weighted by molar-refractivity contribution is 9.10. The molecule has 0 atom stereocenters. The SMILES string of the molecule is COc1cc(/C=N/Nc2nc3ccccc3[nH]2)cc(Br)c1O. The van der Waals surface area contributed by atoms with Crippen LogP contribution in [0.2, 0.25) is 0 Å². The van der Waals surface area contributed by atoms with E-state index in [2.05, 4.69) is 36.4 Å². The van der Waals surface area contributed by atoms with Crippen LogP contribution >= 0.6 is 15.9 Å². The maximum atomic E-state index is 9.76. The summed E-state index contributed by atoms with van der Waals surface area (Å²) in [5, 5.41) is 13.9. The maximum Gasteiger partial charge on any atom is 0.222 e. The molecule has 3 aromatic rings. The molecule has 0 aliphatic heterocycles. The highest BCUT2D eigenvalue weighted by Gasteiger charge is 2.07. The van der Waals surface area contributed by atoms with Crippen LogP contribution in [-0.4, -0.2) is 28.4 Å². The van der Waals surface area contributed by atoms with Gasteiger partial charge in [-0.1, -0.05) is 12.1 Å². The molecule has 0 saturated heterocycles. The molecule has 7 heteroatoms. The molecule has 112 valence electrons. The molecule has 0 radical (unpaired) electrons. The van der Waals surface area contributed by atoms with Crippen molar-refractivity contribution in [3.05, 3.63) is 46.4 Å². The molecular weight excluding hydrogens is 348 g/mol. The van der Waals surface area contributed by atoms with E-state index in [9.17, 15) is 5.11 Å². The number of nitrogens with zero attached hydrogens (tertiary/aromatic N) is 2. The number of aromatic nitrogens is 2. The second-order valence-corrected chi connectivity index (χ2v) is 5.38. The van der Waals surface area contributed by atoms with Gasteiger partial charge in [-0.2, -0.15) is 5.10 Å². The van der Waals surface area contributed by atoms with E-state index < -0.39 is 0 Å². The number of phenols is 1. The van der Waals surface area contributed by atoms with Crippen molar-refractivity contribution in [1.82, 2.24) is 9.97 Å². The van der Waals surface area contributed by atoms with Gasteiger partial charge in [0.1, 0.15) is 0 Å². The lowest BCUT2D eigenvalue weighted by atomic mass is 10.2. The minimum Gasteiger partial charge on any atom is -0.503 e. The van der Waals surface area contributed by atoms with Gasteiger partial charge in [0.05, 0.1) is 28.8 Å². The summed E-state index contributed by atoms with van der Waals surface area (Å²) >= 11 is 3.27. The van der Waals surface area contributed by atoms with Gasteiger partial charge >= 0.3 is 0 Å². The van der Waals surface area contributed by atoms with Crippen LogP contribution < -0.4 is 10.2 Å². The van der Waals surface area contributed by atoms with E-state index in [-0.39, 0.29) is 5.75 Å². The molecule has 22 heavy (non-hydrogen) atoms. The minimum absolute atomic E-state index is 0.0601. The number of rotatable bonds is 4. The summed E-state index contributed by atoms with van der Waals surface area (Å²) in [4.78, 5) is 7.47. The van der Waals surface area contributed by atoms with Crippen LogP contribution in [0.25, 0.3) is 11.0 Å². The van der Waals surface area contributed by atoms with E-state index in [0.717, 1.165) is 16.6 Å². The van der Waals surface area contributed by atoms with Gasteiger partial charge in [-0.05, 0) is 45.8 Å². The number of nitrogens with one attached hydrogen (secondary N) is 2. The van der Waals surface area contributed by atoms with Gasteiger partial charge in [0, 0.05) is 0 Å². The maximum absolute atomic E-state index is 9.76. The average Bonchev–Trinajstić information content (AvgIpc) is 2.93. The molecule has 2 aromatic carbocycles. The molecule has 3 rings (SSSR count). The molecule has 0 spiro atoms. The van der Waals surface area contributed by atoms with Crippen molar-refractivity contribution in [2.24, 2.45) is 5.10 Å². The van der Waals surface area contributed by atoms with Crippen molar-refractivity contribution < 1.29 is 9.84 Å². The first-order valence-corrected chi connectivity index (χ1v) is 7.27. The van der Waals surface area contributed by atoms with Crippen molar-refractivity contribution in [3.63, 3.8) is 0 Å². The Labute approximate surface area is 135 Å². The third-order valence-electron chi connectivity index (χ3n) is 3.04. The van der Waals surface area contributed by atoms with Crippen molar-refractivity contribution >= 4 is 39.1 Å².